The number of fused-ring (bicyclic) bond motifs is 1. The van der Waals surface area contributed by atoms with E-state index in [1.807, 2.05) is 13.8 Å². The molecule has 0 spiro atoms. The minimum absolute atomic E-state index is 0.148. The Morgan fingerprint density at radius 2 is 2.00 bits per heavy atom. The van der Waals surface area contributed by atoms with Crippen molar-refractivity contribution >= 4 is 17.3 Å². The quantitative estimate of drug-likeness (QED) is 0.651. The molecule has 0 bridgehead atoms. The van der Waals surface area contributed by atoms with E-state index in [1.165, 1.54) is 23.1 Å². The molecule has 1 aliphatic rings. The number of nitrogens with one attached hydrogen (secondary N) is 1. The van der Waals surface area contributed by atoms with Crippen LogP contribution in [-0.2, 0) is 19.0 Å². The highest BCUT2D eigenvalue weighted by molar-refractivity contribution is 5.99. The summed E-state index contributed by atoms with van der Waals surface area (Å²) in [6.45, 7) is 4.06. The van der Waals surface area contributed by atoms with Crippen molar-refractivity contribution in [2.45, 2.75) is 39.3 Å². The average Bonchev–Trinajstić information content (AvgIpc) is 3.06. The van der Waals surface area contributed by atoms with E-state index in [1.54, 1.807) is 18.2 Å². The average molecular weight is 430 g/mol. The van der Waals surface area contributed by atoms with Gasteiger partial charge < -0.3 is 11.1 Å². The van der Waals surface area contributed by atoms with Crippen molar-refractivity contribution in [2.24, 2.45) is 11.1 Å². The van der Waals surface area contributed by atoms with Crippen molar-refractivity contribution in [3.05, 3.63) is 59.2 Å². The number of hydrogen-bond donors (Lipinski definition) is 2. The molecule has 7 nitrogen and oxygen atoms in total. The van der Waals surface area contributed by atoms with Crippen molar-refractivity contribution in [3.63, 3.8) is 0 Å². The molecule has 10 heteroatoms. The van der Waals surface area contributed by atoms with Gasteiger partial charge in [-0.15, -0.1) is 0 Å². The number of anilines is 2. The summed E-state index contributed by atoms with van der Waals surface area (Å²) in [4.78, 5) is 11.9. The van der Waals surface area contributed by atoms with Gasteiger partial charge in [0.05, 0.1) is 35.0 Å². The number of hydrogen-bond acceptors (Lipinski definition) is 5. The number of aromatic nitrogens is 4. The number of carbonyl (C=O) groups is 1. The molecule has 3 aromatic rings. The highest BCUT2D eigenvalue weighted by Crippen LogP contribution is 2.42. The van der Waals surface area contributed by atoms with Crippen LogP contribution in [0.15, 0.2) is 36.7 Å². The van der Waals surface area contributed by atoms with Gasteiger partial charge in [0.1, 0.15) is 0 Å². The molecule has 0 saturated heterocycles. The van der Waals surface area contributed by atoms with Gasteiger partial charge in [-0.1, -0.05) is 13.8 Å². The highest BCUT2D eigenvalue weighted by Gasteiger charge is 2.42. The number of carbonyl (C=O) groups excluding carboxylic acids is 1. The SMILES string of the molecule is CC1(C)CCc2c(C(F)(F)F)nn(-c3ccc(C(N)=O)c(Nc4ccnnc4)c3)c2C1. The van der Waals surface area contributed by atoms with Crippen LogP contribution in [0.1, 0.15) is 47.6 Å². The monoisotopic (exact) mass is 430 g/mol. The van der Waals surface area contributed by atoms with Crippen LogP contribution in [-0.4, -0.2) is 25.9 Å². The second-order valence-electron chi connectivity index (χ2n) is 8.37. The van der Waals surface area contributed by atoms with Crippen molar-refractivity contribution in [2.75, 3.05) is 5.32 Å². The maximum absolute atomic E-state index is 13.7. The third kappa shape index (κ3) is 4.10. The standard InChI is InChI=1S/C21H21F3N6O/c1-20(2)7-5-15-17(10-20)30(29-18(15)21(22,23)24)13-3-4-14(19(25)31)16(9-13)28-12-6-8-26-27-11-12/h3-4,6,8-9,11H,5,7,10H2,1-2H3,(H2,25,31)(H,26,28). The molecule has 2 heterocycles. The van der Waals surface area contributed by atoms with E-state index in [9.17, 15) is 18.0 Å². The smallest absolute Gasteiger partial charge is 0.366 e. The molecule has 162 valence electrons. The third-order valence-corrected chi connectivity index (χ3v) is 5.43. The molecule has 3 N–H and O–H groups in total. The number of rotatable bonds is 4. The Labute approximate surface area is 176 Å². The fraction of sp³-hybridized carbons (Fsp3) is 0.333. The van der Waals surface area contributed by atoms with Crippen LogP contribution < -0.4 is 11.1 Å². The van der Waals surface area contributed by atoms with E-state index >= 15 is 0 Å². The van der Waals surface area contributed by atoms with Crippen molar-refractivity contribution in [3.8, 4) is 5.69 Å². The fourth-order valence-electron chi connectivity index (χ4n) is 3.88. The molecule has 31 heavy (non-hydrogen) atoms. The largest absolute Gasteiger partial charge is 0.435 e. The summed E-state index contributed by atoms with van der Waals surface area (Å²) in [6.07, 6.45) is -0.204. The molecule has 1 amide bonds. The fourth-order valence-corrected chi connectivity index (χ4v) is 3.88. The van der Waals surface area contributed by atoms with Crippen LogP contribution in [0, 0.1) is 5.41 Å². The number of amides is 1. The van der Waals surface area contributed by atoms with Gasteiger partial charge in [0, 0.05) is 11.3 Å². The molecule has 0 atom stereocenters. The lowest BCUT2D eigenvalue weighted by Gasteiger charge is -2.30. The molecular formula is C21H21F3N6O. The summed E-state index contributed by atoms with van der Waals surface area (Å²) in [5.74, 6) is -0.671. The Balaban J connectivity index is 1.85. The molecule has 0 saturated carbocycles. The summed E-state index contributed by atoms with van der Waals surface area (Å²) in [7, 11) is 0. The van der Waals surface area contributed by atoms with Crippen LogP contribution in [0.5, 0.6) is 0 Å². The topological polar surface area (TPSA) is 98.7 Å². The Hall–Kier alpha value is -3.43. The minimum Gasteiger partial charge on any atom is -0.366 e. The highest BCUT2D eigenvalue weighted by atomic mass is 19.4. The number of primary amides is 1. The van der Waals surface area contributed by atoms with Gasteiger partial charge in [-0.25, -0.2) is 4.68 Å². The molecule has 0 fully saturated rings. The van der Waals surface area contributed by atoms with Gasteiger partial charge in [-0.2, -0.15) is 28.5 Å². The first-order valence-electron chi connectivity index (χ1n) is 9.71. The van der Waals surface area contributed by atoms with Gasteiger partial charge in [0.2, 0.25) is 0 Å². The van der Waals surface area contributed by atoms with E-state index < -0.39 is 17.8 Å². The minimum atomic E-state index is -4.55. The number of alkyl halides is 3. The molecule has 4 rings (SSSR count). The predicted octanol–water partition coefficient (Wildman–Crippen LogP) is 4.04. The summed E-state index contributed by atoms with van der Waals surface area (Å²) in [5.41, 5.74) is 6.73. The van der Waals surface area contributed by atoms with E-state index in [4.69, 9.17) is 5.73 Å². The first-order valence-corrected chi connectivity index (χ1v) is 9.71. The van der Waals surface area contributed by atoms with E-state index in [0.717, 1.165) is 0 Å². The molecule has 1 aromatic carbocycles. The first-order chi connectivity index (χ1) is 14.5. The molecule has 0 radical (unpaired) electrons. The first kappa shape index (κ1) is 20.8. The summed E-state index contributed by atoms with van der Waals surface area (Å²) in [6, 6.07) is 6.23. The summed E-state index contributed by atoms with van der Waals surface area (Å²) < 4.78 is 42.3. The summed E-state index contributed by atoms with van der Waals surface area (Å²) >= 11 is 0. The van der Waals surface area contributed by atoms with Crippen molar-refractivity contribution < 1.29 is 18.0 Å². The van der Waals surface area contributed by atoms with Crippen LogP contribution in [0.3, 0.4) is 0 Å². The Morgan fingerprint density at radius 1 is 1.23 bits per heavy atom. The maximum atomic E-state index is 13.7. The third-order valence-electron chi connectivity index (χ3n) is 5.43. The van der Waals surface area contributed by atoms with Crippen LogP contribution >= 0.6 is 0 Å². The second-order valence-corrected chi connectivity index (χ2v) is 8.37. The summed E-state index contributed by atoms with van der Waals surface area (Å²) in [5, 5.41) is 14.4. The zero-order valence-electron chi connectivity index (χ0n) is 17.0. The normalized spacial score (nSPS) is 15.4. The van der Waals surface area contributed by atoms with Gasteiger partial charge in [-0.3, -0.25) is 4.79 Å². The van der Waals surface area contributed by atoms with Crippen LogP contribution in [0.2, 0.25) is 0 Å². The van der Waals surface area contributed by atoms with Crippen molar-refractivity contribution in [1.29, 1.82) is 0 Å². The zero-order chi connectivity index (χ0) is 22.4. The van der Waals surface area contributed by atoms with Crippen molar-refractivity contribution in [1.82, 2.24) is 20.0 Å². The zero-order valence-corrected chi connectivity index (χ0v) is 17.0. The molecule has 2 aromatic heterocycles. The van der Waals surface area contributed by atoms with E-state index in [0.29, 0.717) is 42.0 Å². The molecule has 1 aliphatic carbocycles. The molecule has 0 aliphatic heterocycles. The Kier molecular flexibility index (Phi) is 4.95. The molecular weight excluding hydrogens is 409 g/mol. The number of nitrogens with two attached hydrogens (primary N) is 1. The lowest BCUT2D eigenvalue weighted by atomic mass is 9.76. The van der Waals surface area contributed by atoms with E-state index in [-0.39, 0.29) is 16.5 Å². The number of nitrogens with zero attached hydrogens (tertiary/aromatic N) is 4. The number of benzene rings is 1. The Bertz CT molecular complexity index is 1140. The van der Waals surface area contributed by atoms with Crippen LogP contribution in [0.25, 0.3) is 5.69 Å². The lowest BCUT2D eigenvalue weighted by Crippen LogP contribution is -2.24. The number of halogens is 3. The van der Waals surface area contributed by atoms with Gasteiger partial charge in [-0.05, 0) is 48.9 Å². The Morgan fingerprint density at radius 3 is 2.65 bits per heavy atom. The van der Waals surface area contributed by atoms with Crippen LogP contribution in [0.4, 0.5) is 24.5 Å². The van der Waals surface area contributed by atoms with Gasteiger partial charge >= 0.3 is 6.18 Å². The second kappa shape index (κ2) is 7.36. The van der Waals surface area contributed by atoms with Gasteiger partial charge in [0.25, 0.3) is 5.91 Å². The lowest BCUT2D eigenvalue weighted by molar-refractivity contribution is -0.142. The van der Waals surface area contributed by atoms with E-state index in [2.05, 4.69) is 20.6 Å². The van der Waals surface area contributed by atoms with Gasteiger partial charge in [0.15, 0.2) is 5.69 Å². The maximum Gasteiger partial charge on any atom is 0.435 e. The molecule has 0 unspecified atom stereocenters. The predicted molar refractivity (Wildman–Crippen MR) is 108 cm³/mol.